The van der Waals surface area contributed by atoms with Crippen LogP contribution < -0.4 is 15.0 Å². The molecule has 1 aliphatic rings. The van der Waals surface area contributed by atoms with Crippen molar-refractivity contribution < 1.29 is 33.4 Å². The third-order valence-corrected chi connectivity index (χ3v) is 3.91. The van der Waals surface area contributed by atoms with E-state index in [9.17, 15) is 19.2 Å². The Morgan fingerprint density at radius 3 is 2.58 bits per heavy atom. The maximum atomic E-state index is 12.3. The third kappa shape index (κ3) is 4.29. The van der Waals surface area contributed by atoms with Gasteiger partial charge in [-0.15, -0.1) is 0 Å². The molecule has 2 rings (SSSR count). The van der Waals surface area contributed by atoms with Crippen molar-refractivity contribution in [3.05, 3.63) is 24.3 Å². The van der Waals surface area contributed by atoms with E-state index in [4.69, 9.17) is 9.47 Å². The van der Waals surface area contributed by atoms with Crippen LogP contribution in [-0.4, -0.2) is 50.7 Å². The fourth-order valence-corrected chi connectivity index (χ4v) is 2.53. The normalized spacial score (nSPS) is 17.4. The molecule has 0 bridgehead atoms. The lowest BCUT2D eigenvalue weighted by Gasteiger charge is -2.19. The monoisotopic (exact) mass is 364 g/mol. The highest BCUT2D eigenvalue weighted by molar-refractivity contribution is 6.01. The number of hydrogen-bond donors (Lipinski definition) is 1. The van der Waals surface area contributed by atoms with Crippen molar-refractivity contribution in [3.63, 3.8) is 0 Å². The van der Waals surface area contributed by atoms with Gasteiger partial charge in [0.25, 0.3) is 5.91 Å². The number of nitrogens with one attached hydrogen (secondary N) is 1. The number of carbonyl (C=O) groups is 4. The van der Waals surface area contributed by atoms with Crippen molar-refractivity contribution in [1.82, 2.24) is 5.32 Å². The molecular weight excluding hydrogens is 344 g/mol. The minimum atomic E-state index is -1.20. The molecule has 2 atom stereocenters. The molecule has 1 fully saturated rings. The van der Waals surface area contributed by atoms with Gasteiger partial charge in [-0.05, 0) is 19.1 Å². The Morgan fingerprint density at radius 2 is 1.92 bits per heavy atom. The summed E-state index contributed by atoms with van der Waals surface area (Å²) in [6.07, 6.45) is -2.18. The van der Waals surface area contributed by atoms with Crippen LogP contribution in [0, 0.1) is 5.92 Å². The Kier molecular flexibility index (Phi) is 6.16. The zero-order valence-corrected chi connectivity index (χ0v) is 14.7. The predicted molar refractivity (Wildman–Crippen MR) is 89.6 cm³/mol. The predicted octanol–water partition coefficient (Wildman–Crippen LogP) is 0.862. The van der Waals surface area contributed by atoms with Crippen molar-refractivity contribution in [2.75, 3.05) is 25.7 Å². The summed E-state index contributed by atoms with van der Waals surface area (Å²) in [5, 5.41) is 1.91. The van der Waals surface area contributed by atoms with Crippen molar-refractivity contribution in [1.29, 1.82) is 0 Å². The number of benzene rings is 1. The van der Waals surface area contributed by atoms with Crippen LogP contribution in [0.3, 0.4) is 0 Å². The second kappa shape index (κ2) is 8.32. The van der Waals surface area contributed by atoms with E-state index in [1.807, 2.05) is 5.32 Å². The van der Waals surface area contributed by atoms with Gasteiger partial charge in [-0.25, -0.2) is 4.79 Å². The molecular formula is C17H20N2O7. The molecule has 1 aromatic rings. The highest BCUT2D eigenvalue weighted by Gasteiger charge is 2.38. The average Bonchev–Trinajstić information content (AvgIpc) is 3.03. The van der Waals surface area contributed by atoms with E-state index >= 15 is 0 Å². The molecule has 0 aliphatic carbocycles. The number of amides is 3. The van der Waals surface area contributed by atoms with Crippen molar-refractivity contribution in [2.45, 2.75) is 19.4 Å². The first-order valence-electron chi connectivity index (χ1n) is 7.90. The van der Waals surface area contributed by atoms with Crippen LogP contribution in [0.4, 0.5) is 10.5 Å². The van der Waals surface area contributed by atoms with Gasteiger partial charge in [0.2, 0.25) is 5.91 Å². The molecule has 1 N–H and O–H groups in total. The summed E-state index contributed by atoms with van der Waals surface area (Å²) in [4.78, 5) is 48.7. The first-order valence-corrected chi connectivity index (χ1v) is 7.90. The summed E-state index contributed by atoms with van der Waals surface area (Å²) in [5.74, 6) is -1.95. The minimum absolute atomic E-state index is 0.0395. The van der Waals surface area contributed by atoms with Gasteiger partial charge < -0.3 is 19.1 Å². The van der Waals surface area contributed by atoms with Crippen molar-refractivity contribution in [2.24, 2.45) is 5.92 Å². The van der Waals surface area contributed by atoms with Gasteiger partial charge in [-0.3, -0.25) is 19.7 Å². The molecule has 9 nitrogen and oxygen atoms in total. The quantitative estimate of drug-likeness (QED) is 0.771. The first-order chi connectivity index (χ1) is 12.4. The van der Waals surface area contributed by atoms with E-state index < -0.39 is 30.0 Å². The fraction of sp³-hybridized carbons (Fsp3) is 0.412. The van der Waals surface area contributed by atoms with E-state index in [1.54, 1.807) is 24.3 Å². The number of ether oxygens (including phenoxy) is 3. The van der Waals surface area contributed by atoms with E-state index in [0.29, 0.717) is 11.4 Å². The lowest BCUT2D eigenvalue weighted by atomic mass is 10.1. The zero-order chi connectivity index (χ0) is 19.3. The fourth-order valence-electron chi connectivity index (χ4n) is 2.53. The summed E-state index contributed by atoms with van der Waals surface area (Å²) in [5.41, 5.74) is 0.562. The molecule has 26 heavy (non-hydrogen) atoms. The van der Waals surface area contributed by atoms with Gasteiger partial charge in [0, 0.05) is 13.0 Å². The Morgan fingerprint density at radius 1 is 1.23 bits per heavy atom. The van der Waals surface area contributed by atoms with E-state index in [-0.39, 0.29) is 18.9 Å². The van der Waals surface area contributed by atoms with Gasteiger partial charge in [-0.1, -0.05) is 12.1 Å². The molecule has 0 saturated carbocycles. The van der Waals surface area contributed by atoms with Crippen molar-refractivity contribution >= 4 is 29.6 Å². The molecule has 1 aromatic carbocycles. The number of alkyl carbamates (subject to hydrolysis) is 1. The molecule has 0 aromatic heterocycles. The third-order valence-electron chi connectivity index (χ3n) is 3.91. The van der Waals surface area contributed by atoms with Gasteiger partial charge in [0.15, 0.2) is 6.10 Å². The average molecular weight is 364 g/mol. The lowest BCUT2D eigenvalue weighted by Crippen LogP contribution is -2.40. The molecule has 1 aliphatic heterocycles. The SMILES string of the molecule is COC(=O)NC(=O)[C@@H](C)OC(=O)[C@@H]1CC(=O)N(c2ccccc2OC)C1. The van der Waals surface area contributed by atoms with Gasteiger partial charge in [0.05, 0.1) is 25.8 Å². The van der Waals surface area contributed by atoms with Gasteiger partial charge in [0.1, 0.15) is 5.75 Å². The van der Waals surface area contributed by atoms with Gasteiger partial charge in [-0.2, -0.15) is 0 Å². The molecule has 0 radical (unpaired) electrons. The summed E-state index contributed by atoms with van der Waals surface area (Å²) in [7, 11) is 2.60. The Labute approximate surface area is 150 Å². The smallest absolute Gasteiger partial charge is 0.413 e. The molecule has 1 saturated heterocycles. The van der Waals surface area contributed by atoms with Crippen LogP contribution >= 0.6 is 0 Å². The van der Waals surface area contributed by atoms with Gasteiger partial charge >= 0.3 is 12.1 Å². The first kappa shape index (κ1) is 19.2. The Balaban J connectivity index is 2.00. The van der Waals surface area contributed by atoms with E-state index in [1.165, 1.54) is 18.9 Å². The highest BCUT2D eigenvalue weighted by Crippen LogP contribution is 2.33. The van der Waals surface area contributed by atoms with Crippen LogP contribution in [0.5, 0.6) is 5.75 Å². The number of hydrogen-bond acceptors (Lipinski definition) is 7. The largest absolute Gasteiger partial charge is 0.495 e. The lowest BCUT2D eigenvalue weighted by molar-refractivity contribution is -0.158. The Hall–Kier alpha value is -3.10. The molecule has 1 heterocycles. The number of methoxy groups -OCH3 is 2. The van der Waals surface area contributed by atoms with Crippen molar-refractivity contribution in [3.8, 4) is 5.75 Å². The van der Waals surface area contributed by atoms with Crippen LogP contribution in [-0.2, 0) is 23.9 Å². The summed E-state index contributed by atoms with van der Waals surface area (Å²) in [6.45, 7) is 1.44. The highest BCUT2D eigenvalue weighted by atomic mass is 16.6. The standard InChI is InChI=1S/C17H20N2O7/c1-10(15(21)18-17(23)25-3)26-16(22)11-8-14(20)19(9-11)12-6-4-5-7-13(12)24-2/h4-7,10-11H,8-9H2,1-3H3,(H,18,21,23)/t10-,11-/m1/s1. The van der Waals surface area contributed by atoms with Crippen LogP contribution in [0.25, 0.3) is 0 Å². The molecule has 0 spiro atoms. The number of para-hydroxylation sites is 2. The zero-order valence-electron chi connectivity index (χ0n) is 14.7. The van der Waals surface area contributed by atoms with Crippen LogP contribution in [0.2, 0.25) is 0 Å². The molecule has 140 valence electrons. The molecule has 3 amide bonds. The van der Waals surface area contributed by atoms with E-state index in [2.05, 4.69) is 4.74 Å². The maximum Gasteiger partial charge on any atom is 0.413 e. The minimum Gasteiger partial charge on any atom is -0.495 e. The number of carbonyl (C=O) groups excluding carboxylic acids is 4. The number of anilines is 1. The molecule has 9 heteroatoms. The second-order valence-corrected chi connectivity index (χ2v) is 5.64. The summed E-state index contributed by atoms with van der Waals surface area (Å²) in [6, 6.07) is 6.97. The molecule has 0 unspecified atom stereocenters. The number of esters is 1. The number of rotatable bonds is 5. The van der Waals surface area contributed by atoms with E-state index in [0.717, 1.165) is 7.11 Å². The number of imide groups is 1. The topological polar surface area (TPSA) is 111 Å². The summed E-state index contributed by atoms with van der Waals surface area (Å²) >= 11 is 0. The van der Waals surface area contributed by atoms with Crippen LogP contribution in [0.15, 0.2) is 24.3 Å². The second-order valence-electron chi connectivity index (χ2n) is 5.64. The summed E-state index contributed by atoms with van der Waals surface area (Å²) < 4.78 is 14.6. The number of nitrogens with zero attached hydrogens (tertiary/aromatic N) is 1. The Bertz CT molecular complexity index is 719. The van der Waals surface area contributed by atoms with Crippen LogP contribution in [0.1, 0.15) is 13.3 Å². The maximum absolute atomic E-state index is 12.3.